The van der Waals surface area contributed by atoms with E-state index in [1.165, 1.54) is 6.07 Å². The first kappa shape index (κ1) is 21.0. The number of carbonyl (C=O) groups is 2. The van der Waals surface area contributed by atoms with Crippen LogP contribution in [-0.2, 0) is 4.79 Å². The van der Waals surface area contributed by atoms with Gasteiger partial charge in [-0.15, -0.1) is 12.4 Å². The molecule has 1 aliphatic heterocycles. The van der Waals surface area contributed by atoms with Gasteiger partial charge in [0.2, 0.25) is 5.91 Å². The van der Waals surface area contributed by atoms with E-state index in [1.807, 2.05) is 0 Å². The van der Waals surface area contributed by atoms with E-state index in [9.17, 15) is 9.59 Å². The molecule has 1 aromatic rings. The largest absolute Gasteiger partial charge is 0.343 e. The molecule has 8 heteroatoms. The van der Waals surface area contributed by atoms with Crippen LogP contribution in [0, 0.1) is 5.92 Å². The summed E-state index contributed by atoms with van der Waals surface area (Å²) in [7, 11) is 0. The second kappa shape index (κ2) is 9.47. The van der Waals surface area contributed by atoms with Crippen LogP contribution in [0.1, 0.15) is 30.1 Å². The fourth-order valence-electron chi connectivity index (χ4n) is 2.80. The van der Waals surface area contributed by atoms with E-state index in [0.29, 0.717) is 34.6 Å². The molecule has 1 heterocycles. The smallest absolute Gasteiger partial charge is 0.251 e. The van der Waals surface area contributed by atoms with Crippen molar-refractivity contribution >= 4 is 47.4 Å². The van der Waals surface area contributed by atoms with E-state index < -0.39 is 0 Å². The lowest BCUT2D eigenvalue weighted by molar-refractivity contribution is -0.134. The number of rotatable bonds is 4. The van der Waals surface area contributed by atoms with Crippen LogP contribution in [0.2, 0.25) is 10.0 Å². The number of nitrogens with two attached hydrogens (primary N) is 1. The van der Waals surface area contributed by atoms with Gasteiger partial charge >= 0.3 is 0 Å². The quantitative estimate of drug-likeness (QED) is 0.824. The van der Waals surface area contributed by atoms with Gasteiger partial charge in [0.25, 0.3) is 5.91 Å². The van der Waals surface area contributed by atoms with E-state index in [4.69, 9.17) is 28.9 Å². The molecular weight excluding hydrogens is 373 g/mol. The minimum atomic E-state index is -0.355. The highest BCUT2D eigenvalue weighted by Gasteiger charge is 2.28. The Balaban J connectivity index is 0.00000288. The number of piperidine rings is 1. The summed E-state index contributed by atoms with van der Waals surface area (Å²) in [5.74, 6) is 0.103. The molecule has 2 atom stereocenters. The van der Waals surface area contributed by atoms with Crippen LogP contribution in [0.15, 0.2) is 18.2 Å². The summed E-state index contributed by atoms with van der Waals surface area (Å²) in [5.41, 5.74) is 6.13. The molecule has 0 radical (unpaired) electrons. The molecule has 134 valence electrons. The number of benzene rings is 1. The third-order valence-corrected chi connectivity index (χ3v) is 4.89. The van der Waals surface area contributed by atoms with Crippen LogP contribution in [0.3, 0.4) is 0 Å². The van der Waals surface area contributed by atoms with E-state index in [1.54, 1.807) is 17.0 Å². The Labute approximate surface area is 158 Å². The topological polar surface area (TPSA) is 75.4 Å². The molecule has 3 N–H and O–H groups in total. The summed E-state index contributed by atoms with van der Waals surface area (Å²) >= 11 is 11.7. The van der Waals surface area contributed by atoms with E-state index in [0.717, 1.165) is 12.8 Å². The molecule has 1 aromatic carbocycles. The molecule has 5 nitrogen and oxygen atoms in total. The predicted molar refractivity (Wildman–Crippen MR) is 99.0 cm³/mol. The van der Waals surface area contributed by atoms with Crippen molar-refractivity contribution < 1.29 is 9.59 Å². The van der Waals surface area contributed by atoms with Crippen molar-refractivity contribution in [3.8, 4) is 0 Å². The number of carbonyl (C=O) groups excluding carboxylic acids is 2. The standard InChI is InChI=1S/C16H21Cl2N3O2.ClH/c1-10-4-5-21(12(6-10)8-19)15(22)9-20-16(23)11-2-3-13(17)14(18)7-11;/h2-3,7,10,12H,4-6,8-9,19H2,1H3,(H,20,23);1H. The fourth-order valence-corrected chi connectivity index (χ4v) is 3.10. The van der Waals surface area contributed by atoms with Crippen LogP contribution < -0.4 is 11.1 Å². The van der Waals surface area contributed by atoms with Crippen molar-refractivity contribution in [1.82, 2.24) is 10.2 Å². The fraction of sp³-hybridized carbons (Fsp3) is 0.500. The molecule has 0 spiro atoms. The summed E-state index contributed by atoms with van der Waals surface area (Å²) in [6, 6.07) is 4.65. The molecule has 1 fully saturated rings. The van der Waals surface area contributed by atoms with Crippen LogP contribution >= 0.6 is 35.6 Å². The molecule has 1 saturated heterocycles. The predicted octanol–water partition coefficient (Wildman–Crippen LogP) is 2.73. The van der Waals surface area contributed by atoms with Crippen molar-refractivity contribution in [2.24, 2.45) is 11.7 Å². The van der Waals surface area contributed by atoms with E-state index in [-0.39, 0.29) is 36.8 Å². The second-order valence-electron chi connectivity index (χ2n) is 5.92. The minimum absolute atomic E-state index is 0. The summed E-state index contributed by atoms with van der Waals surface area (Å²) in [6.07, 6.45) is 1.87. The number of nitrogens with zero attached hydrogens (tertiary/aromatic N) is 1. The molecule has 2 amide bonds. The number of halogens is 3. The average Bonchev–Trinajstić information content (AvgIpc) is 2.54. The highest BCUT2D eigenvalue weighted by Crippen LogP contribution is 2.23. The molecular formula is C16H22Cl3N3O2. The zero-order valence-corrected chi connectivity index (χ0v) is 15.8. The number of amides is 2. The van der Waals surface area contributed by atoms with Crippen molar-refractivity contribution in [1.29, 1.82) is 0 Å². The Bertz CT molecular complexity index is 598. The number of hydrogen-bond acceptors (Lipinski definition) is 3. The molecule has 0 bridgehead atoms. The maximum Gasteiger partial charge on any atom is 0.251 e. The third kappa shape index (κ3) is 5.24. The SMILES string of the molecule is CC1CCN(C(=O)CNC(=O)c2ccc(Cl)c(Cl)c2)C(CN)C1.Cl. The van der Waals surface area contributed by atoms with Gasteiger partial charge in [0.1, 0.15) is 0 Å². The van der Waals surface area contributed by atoms with Gasteiger partial charge < -0.3 is 16.0 Å². The first-order valence-electron chi connectivity index (χ1n) is 7.65. The third-order valence-electron chi connectivity index (χ3n) is 4.15. The minimum Gasteiger partial charge on any atom is -0.343 e. The monoisotopic (exact) mass is 393 g/mol. The van der Waals surface area contributed by atoms with Crippen molar-refractivity contribution in [3.63, 3.8) is 0 Å². The van der Waals surface area contributed by atoms with Crippen LogP contribution in [0.5, 0.6) is 0 Å². The Morgan fingerprint density at radius 3 is 2.67 bits per heavy atom. The highest BCUT2D eigenvalue weighted by atomic mass is 35.5. The summed E-state index contributed by atoms with van der Waals surface area (Å²) in [6.45, 7) is 3.24. The Morgan fingerprint density at radius 1 is 1.33 bits per heavy atom. The van der Waals surface area contributed by atoms with Crippen molar-refractivity contribution in [2.45, 2.75) is 25.8 Å². The van der Waals surface area contributed by atoms with Gasteiger partial charge in [-0.05, 0) is 37.0 Å². The zero-order valence-electron chi connectivity index (χ0n) is 13.4. The molecule has 24 heavy (non-hydrogen) atoms. The zero-order chi connectivity index (χ0) is 17.0. The van der Waals surface area contributed by atoms with Gasteiger partial charge in [-0.2, -0.15) is 0 Å². The van der Waals surface area contributed by atoms with Gasteiger partial charge in [0.15, 0.2) is 0 Å². The van der Waals surface area contributed by atoms with Crippen LogP contribution in [0.4, 0.5) is 0 Å². The normalized spacial score (nSPS) is 20.2. The molecule has 2 rings (SSSR count). The number of nitrogens with one attached hydrogen (secondary N) is 1. The summed E-state index contributed by atoms with van der Waals surface area (Å²) < 4.78 is 0. The number of hydrogen-bond donors (Lipinski definition) is 2. The van der Waals surface area contributed by atoms with Gasteiger partial charge in [-0.25, -0.2) is 0 Å². The van der Waals surface area contributed by atoms with Crippen LogP contribution in [-0.4, -0.2) is 42.4 Å². The number of likely N-dealkylation sites (tertiary alicyclic amines) is 1. The maximum atomic E-state index is 12.3. The first-order valence-corrected chi connectivity index (χ1v) is 8.40. The van der Waals surface area contributed by atoms with E-state index >= 15 is 0 Å². The van der Waals surface area contributed by atoms with Gasteiger partial charge in [0, 0.05) is 24.7 Å². The summed E-state index contributed by atoms with van der Waals surface area (Å²) in [5, 5.41) is 3.31. The molecule has 0 aromatic heterocycles. The molecule has 2 unspecified atom stereocenters. The first-order chi connectivity index (χ1) is 10.9. The van der Waals surface area contributed by atoms with Crippen molar-refractivity contribution in [3.05, 3.63) is 33.8 Å². The second-order valence-corrected chi connectivity index (χ2v) is 6.73. The molecule has 0 aliphatic carbocycles. The van der Waals surface area contributed by atoms with Crippen LogP contribution in [0.25, 0.3) is 0 Å². The Hall–Kier alpha value is -1.01. The van der Waals surface area contributed by atoms with Gasteiger partial charge in [0.05, 0.1) is 16.6 Å². The van der Waals surface area contributed by atoms with Crippen molar-refractivity contribution in [2.75, 3.05) is 19.6 Å². The lowest BCUT2D eigenvalue weighted by Gasteiger charge is -2.38. The Morgan fingerprint density at radius 2 is 2.04 bits per heavy atom. The maximum absolute atomic E-state index is 12.3. The lowest BCUT2D eigenvalue weighted by atomic mass is 9.92. The van der Waals surface area contributed by atoms with Gasteiger partial charge in [-0.3, -0.25) is 9.59 Å². The lowest BCUT2D eigenvalue weighted by Crippen LogP contribution is -2.52. The van der Waals surface area contributed by atoms with E-state index in [2.05, 4.69) is 12.2 Å². The average molecular weight is 395 g/mol. The molecule has 0 saturated carbocycles. The Kier molecular flexibility index (Phi) is 8.30. The molecule has 1 aliphatic rings. The van der Waals surface area contributed by atoms with Gasteiger partial charge in [-0.1, -0.05) is 30.1 Å². The highest BCUT2D eigenvalue weighted by molar-refractivity contribution is 6.42. The summed E-state index contributed by atoms with van der Waals surface area (Å²) in [4.78, 5) is 26.2.